The second kappa shape index (κ2) is 9.46. The summed E-state index contributed by atoms with van der Waals surface area (Å²) in [7, 11) is 0. The van der Waals surface area contributed by atoms with Gasteiger partial charge >= 0.3 is 17.9 Å². The molecule has 37 heavy (non-hydrogen) atoms. The lowest BCUT2D eigenvalue weighted by atomic mass is 9.90. The average molecular weight is 498 g/mol. The average Bonchev–Trinajstić information content (AvgIpc) is 2.87. The molecule has 186 valence electrons. The van der Waals surface area contributed by atoms with Crippen LogP contribution in [0, 0.1) is 13.8 Å². The van der Waals surface area contributed by atoms with E-state index >= 15 is 0 Å². The molecule has 0 bridgehead atoms. The van der Waals surface area contributed by atoms with Crippen molar-refractivity contribution in [3.05, 3.63) is 100 Å². The molecule has 0 aromatic heterocycles. The van der Waals surface area contributed by atoms with Crippen LogP contribution in [0.15, 0.2) is 66.7 Å². The van der Waals surface area contributed by atoms with Crippen molar-refractivity contribution in [2.45, 2.75) is 13.8 Å². The molecule has 4 aromatic carbocycles. The minimum absolute atomic E-state index is 0.00886. The Morgan fingerprint density at radius 1 is 0.676 bits per heavy atom. The molecule has 0 unspecified atom stereocenters. The maximum atomic E-state index is 14.1. The van der Waals surface area contributed by atoms with Crippen LogP contribution < -0.4 is 10.6 Å². The third kappa shape index (κ3) is 4.34. The fourth-order valence-electron chi connectivity index (χ4n) is 4.27. The highest BCUT2D eigenvalue weighted by atomic mass is 16.4. The van der Waals surface area contributed by atoms with Gasteiger partial charge in [-0.1, -0.05) is 12.1 Å². The molecule has 0 heterocycles. The van der Waals surface area contributed by atoms with Crippen molar-refractivity contribution < 1.29 is 34.5 Å². The summed E-state index contributed by atoms with van der Waals surface area (Å²) < 4.78 is 0. The Labute approximate surface area is 211 Å². The number of nitrogens with zero attached hydrogens (tertiary/aromatic N) is 1. The SMILES string of the molecule is Cc1c(N)c(C(=O)O)c2c(C(=O)N(c3ccc(C(=O)O)cc3)c3ccc(C(=O)O)cc3)cccc2c1C. The van der Waals surface area contributed by atoms with E-state index in [1.807, 2.05) is 0 Å². The van der Waals surface area contributed by atoms with Crippen molar-refractivity contribution in [3.63, 3.8) is 0 Å². The molecule has 0 fully saturated rings. The summed E-state index contributed by atoms with van der Waals surface area (Å²) in [5, 5.41) is 29.3. The number of anilines is 3. The number of carbonyl (C=O) groups is 4. The molecule has 4 aromatic rings. The fourth-order valence-corrected chi connectivity index (χ4v) is 4.27. The lowest BCUT2D eigenvalue weighted by Gasteiger charge is -2.25. The van der Waals surface area contributed by atoms with E-state index in [9.17, 15) is 34.5 Å². The van der Waals surface area contributed by atoms with Gasteiger partial charge in [0.2, 0.25) is 0 Å². The number of rotatable bonds is 6. The lowest BCUT2D eigenvalue weighted by Crippen LogP contribution is -2.27. The smallest absolute Gasteiger partial charge is 0.338 e. The van der Waals surface area contributed by atoms with Gasteiger partial charge in [0, 0.05) is 22.3 Å². The van der Waals surface area contributed by atoms with Gasteiger partial charge in [0.05, 0.1) is 22.4 Å². The molecule has 1 amide bonds. The minimum Gasteiger partial charge on any atom is -0.478 e. The zero-order chi connectivity index (χ0) is 27.0. The van der Waals surface area contributed by atoms with Crippen LogP contribution in [0.1, 0.15) is 52.6 Å². The summed E-state index contributed by atoms with van der Waals surface area (Å²) in [6, 6.07) is 16.0. The van der Waals surface area contributed by atoms with Crippen LogP contribution in [0.4, 0.5) is 17.1 Å². The molecule has 5 N–H and O–H groups in total. The largest absolute Gasteiger partial charge is 0.478 e. The van der Waals surface area contributed by atoms with E-state index in [4.69, 9.17) is 5.73 Å². The monoisotopic (exact) mass is 498 g/mol. The van der Waals surface area contributed by atoms with Crippen molar-refractivity contribution in [2.75, 3.05) is 10.6 Å². The van der Waals surface area contributed by atoms with Gasteiger partial charge in [-0.15, -0.1) is 0 Å². The number of benzene rings is 4. The number of aromatic carboxylic acids is 3. The Morgan fingerprint density at radius 2 is 1.16 bits per heavy atom. The van der Waals surface area contributed by atoms with Gasteiger partial charge in [-0.2, -0.15) is 0 Å². The van der Waals surface area contributed by atoms with Gasteiger partial charge in [-0.05, 0) is 85.0 Å². The Bertz CT molecular complexity index is 1530. The molecular weight excluding hydrogens is 476 g/mol. The highest BCUT2D eigenvalue weighted by Crippen LogP contribution is 2.36. The van der Waals surface area contributed by atoms with Crippen LogP contribution in [0.2, 0.25) is 0 Å². The zero-order valence-electron chi connectivity index (χ0n) is 19.9. The van der Waals surface area contributed by atoms with Crippen LogP contribution in [0.3, 0.4) is 0 Å². The highest BCUT2D eigenvalue weighted by molar-refractivity contribution is 6.22. The van der Waals surface area contributed by atoms with Crippen LogP contribution in [0.5, 0.6) is 0 Å². The molecule has 0 aliphatic heterocycles. The second-order valence-corrected chi connectivity index (χ2v) is 8.42. The van der Waals surface area contributed by atoms with E-state index in [0.717, 1.165) is 5.56 Å². The van der Waals surface area contributed by atoms with Gasteiger partial charge in [-0.3, -0.25) is 9.69 Å². The number of nitrogen functional groups attached to an aromatic ring is 1. The first-order chi connectivity index (χ1) is 17.5. The standard InChI is InChI=1S/C28H22N2O7/c1-14-15(2)24(29)23(28(36)37)22-20(14)4-3-5-21(22)25(31)30(18-10-6-16(7-11-18)26(32)33)19-12-8-17(9-13-19)27(34)35/h3-13H,29H2,1-2H3,(H,32,33)(H,34,35)(H,36,37). The van der Waals surface area contributed by atoms with Crippen molar-refractivity contribution in [2.24, 2.45) is 0 Å². The van der Waals surface area contributed by atoms with E-state index in [1.165, 1.54) is 59.5 Å². The number of nitrogens with two attached hydrogens (primary N) is 1. The second-order valence-electron chi connectivity index (χ2n) is 8.42. The van der Waals surface area contributed by atoms with Gasteiger partial charge < -0.3 is 21.1 Å². The Morgan fingerprint density at radius 3 is 1.59 bits per heavy atom. The molecule has 0 saturated carbocycles. The predicted molar refractivity (Wildman–Crippen MR) is 138 cm³/mol. The molecular formula is C28H22N2O7. The summed E-state index contributed by atoms with van der Waals surface area (Å²) in [5.74, 6) is -4.18. The lowest BCUT2D eigenvalue weighted by molar-refractivity contribution is 0.0686. The summed E-state index contributed by atoms with van der Waals surface area (Å²) in [6.07, 6.45) is 0. The molecule has 0 saturated heterocycles. The highest BCUT2D eigenvalue weighted by Gasteiger charge is 2.27. The maximum Gasteiger partial charge on any atom is 0.338 e. The quantitative estimate of drug-likeness (QED) is 0.267. The van der Waals surface area contributed by atoms with Crippen LogP contribution >= 0.6 is 0 Å². The number of hydrogen-bond donors (Lipinski definition) is 4. The van der Waals surface area contributed by atoms with Gasteiger partial charge in [0.25, 0.3) is 5.91 Å². The number of carboxylic acids is 3. The topological polar surface area (TPSA) is 158 Å². The van der Waals surface area contributed by atoms with Crippen LogP contribution in [-0.2, 0) is 0 Å². The molecule has 9 heteroatoms. The zero-order valence-corrected chi connectivity index (χ0v) is 19.9. The number of carboxylic acid groups (broad SMARTS) is 3. The van der Waals surface area contributed by atoms with E-state index < -0.39 is 23.8 Å². The summed E-state index contributed by atoms with van der Waals surface area (Å²) in [6.45, 7) is 3.51. The van der Waals surface area contributed by atoms with E-state index in [0.29, 0.717) is 22.3 Å². The number of amides is 1. The third-order valence-electron chi connectivity index (χ3n) is 6.35. The van der Waals surface area contributed by atoms with Crippen molar-refractivity contribution in [1.29, 1.82) is 0 Å². The molecule has 0 radical (unpaired) electrons. The molecule has 0 spiro atoms. The van der Waals surface area contributed by atoms with Crippen LogP contribution in [-0.4, -0.2) is 39.1 Å². The molecule has 0 atom stereocenters. The molecule has 4 rings (SSSR count). The van der Waals surface area contributed by atoms with Crippen LogP contribution in [0.25, 0.3) is 10.8 Å². The Kier molecular flexibility index (Phi) is 6.37. The summed E-state index contributed by atoms with van der Waals surface area (Å²) in [4.78, 5) is 50.4. The predicted octanol–water partition coefficient (Wildman–Crippen LogP) is 5.11. The van der Waals surface area contributed by atoms with Gasteiger partial charge in [0.15, 0.2) is 0 Å². The summed E-state index contributed by atoms with van der Waals surface area (Å²) in [5.41, 5.74) is 8.06. The number of fused-ring (bicyclic) bond motifs is 1. The van der Waals surface area contributed by atoms with Crippen molar-refractivity contribution >= 4 is 51.6 Å². The first kappa shape index (κ1) is 24.9. The minimum atomic E-state index is -1.28. The van der Waals surface area contributed by atoms with Gasteiger partial charge in [-0.25, -0.2) is 14.4 Å². The first-order valence-electron chi connectivity index (χ1n) is 11.1. The first-order valence-corrected chi connectivity index (χ1v) is 11.1. The normalized spacial score (nSPS) is 10.8. The number of aryl methyl sites for hydroxylation is 1. The Balaban J connectivity index is 2.00. The third-order valence-corrected chi connectivity index (χ3v) is 6.35. The van der Waals surface area contributed by atoms with E-state index in [-0.39, 0.29) is 33.3 Å². The van der Waals surface area contributed by atoms with E-state index in [1.54, 1.807) is 26.0 Å². The number of hydrogen-bond acceptors (Lipinski definition) is 5. The van der Waals surface area contributed by atoms with Crippen molar-refractivity contribution in [3.8, 4) is 0 Å². The molecule has 0 aliphatic carbocycles. The molecule has 9 nitrogen and oxygen atoms in total. The van der Waals surface area contributed by atoms with E-state index in [2.05, 4.69) is 0 Å². The maximum absolute atomic E-state index is 14.1. The van der Waals surface area contributed by atoms with Gasteiger partial charge in [0.1, 0.15) is 0 Å². The fraction of sp³-hybridized carbons (Fsp3) is 0.0714. The Hall–Kier alpha value is -5.18. The number of carbonyl (C=O) groups excluding carboxylic acids is 1. The summed E-state index contributed by atoms with van der Waals surface area (Å²) >= 11 is 0. The van der Waals surface area contributed by atoms with Crippen molar-refractivity contribution in [1.82, 2.24) is 0 Å². The molecule has 0 aliphatic rings.